The highest BCUT2D eigenvalue weighted by Gasteiger charge is 2.16. The molecule has 0 aromatic heterocycles. The molecular formula is C22H42N2O. The Morgan fingerprint density at radius 3 is 2.12 bits per heavy atom. The number of hydrogen-bond acceptors (Lipinski definition) is 2. The van der Waals surface area contributed by atoms with Crippen LogP contribution in [-0.2, 0) is 4.79 Å². The van der Waals surface area contributed by atoms with Crippen LogP contribution < -0.4 is 10.6 Å². The molecule has 146 valence electrons. The van der Waals surface area contributed by atoms with E-state index in [4.69, 9.17) is 0 Å². The van der Waals surface area contributed by atoms with Gasteiger partial charge in [-0.3, -0.25) is 4.79 Å². The van der Waals surface area contributed by atoms with Crippen LogP contribution in [-0.4, -0.2) is 25.5 Å². The Balaban J connectivity index is 3.97. The van der Waals surface area contributed by atoms with Crippen molar-refractivity contribution in [3.8, 4) is 11.8 Å². The second-order valence-corrected chi connectivity index (χ2v) is 6.97. The molecule has 0 aliphatic heterocycles. The maximum Gasteiger partial charge on any atom is 0.223 e. The van der Waals surface area contributed by atoms with Gasteiger partial charge < -0.3 is 10.6 Å². The normalized spacial score (nSPS) is 11.6. The summed E-state index contributed by atoms with van der Waals surface area (Å²) in [5.74, 6) is 6.62. The Labute approximate surface area is 157 Å². The molecule has 2 N–H and O–H groups in total. The number of nitrogens with one attached hydrogen (secondary N) is 2. The third-order valence-corrected chi connectivity index (χ3v) is 4.54. The number of carbonyl (C=O) groups is 1. The molecule has 0 aliphatic rings. The van der Waals surface area contributed by atoms with E-state index >= 15 is 0 Å². The van der Waals surface area contributed by atoms with Crippen LogP contribution in [0.25, 0.3) is 0 Å². The monoisotopic (exact) mass is 350 g/mol. The van der Waals surface area contributed by atoms with Crippen molar-refractivity contribution in [1.82, 2.24) is 10.6 Å². The van der Waals surface area contributed by atoms with Gasteiger partial charge in [-0.15, -0.1) is 5.92 Å². The summed E-state index contributed by atoms with van der Waals surface area (Å²) in [5.41, 5.74) is 0. The summed E-state index contributed by atoms with van der Waals surface area (Å²) in [4.78, 5) is 12.4. The zero-order valence-electron chi connectivity index (χ0n) is 17.1. The Kier molecular flexibility index (Phi) is 18.5. The lowest BCUT2D eigenvalue weighted by molar-refractivity contribution is -0.125. The van der Waals surface area contributed by atoms with Crippen LogP contribution in [0.1, 0.15) is 97.8 Å². The molecule has 0 saturated heterocycles. The molecule has 0 spiro atoms. The molecule has 0 fully saturated rings. The highest BCUT2D eigenvalue weighted by Crippen LogP contribution is 2.18. The standard InChI is InChI=1S/C22H42N2O/c1-4-7-10-13-17-21(16-12-8-5-2)22(25)24-20-15-11-14-19-23-18-9-6-3/h21,23H,4-10,12-14,16-20H2,1-3H3,(H,24,25). The molecule has 0 bridgehead atoms. The van der Waals surface area contributed by atoms with E-state index in [2.05, 4.69) is 43.2 Å². The van der Waals surface area contributed by atoms with Crippen LogP contribution in [0.3, 0.4) is 0 Å². The van der Waals surface area contributed by atoms with E-state index in [0.29, 0.717) is 6.54 Å². The van der Waals surface area contributed by atoms with Gasteiger partial charge in [0.2, 0.25) is 5.91 Å². The van der Waals surface area contributed by atoms with Gasteiger partial charge in [0, 0.05) is 18.9 Å². The van der Waals surface area contributed by atoms with Crippen molar-refractivity contribution in [3.05, 3.63) is 0 Å². The summed E-state index contributed by atoms with van der Waals surface area (Å²) >= 11 is 0. The van der Waals surface area contributed by atoms with E-state index in [1.54, 1.807) is 0 Å². The summed E-state index contributed by atoms with van der Waals surface area (Å²) < 4.78 is 0. The topological polar surface area (TPSA) is 41.1 Å². The highest BCUT2D eigenvalue weighted by atomic mass is 16.1. The first-order chi connectivity index (χ1) is 12.3. The van der Waals surface area contributed by atoms with Gasteiger partial charge in [-0.2, -0.15) is 0 Å². The van der Waals surface area contributed by atoms with Gasteiger partial charge in [0.25, 0.3) is 0 Å². The van der Waals surface area contributed by atoms with E-state index in [1.807, 2.05) is 0 Å². The average molecular weight is 351 g/mol. The molecule has 0 aromatic rings. The second-order valence-electron chi connectivity index (χ2n) is 6.97. The van der Waals surface area contributed by atoms with Gasteiger partial charge >= 0.3 is 0 Å². The predicted molar refractivity (Wildman–Crippen MR) is 110 cm³/mol. The molecule has 0 rings (SSSR count). The summed E-state index contributed by atoms with van der Waals surface area (Å²) in [6.45, 7) is 9.15. The quantitative estimate of drug-likeness (QED) is 0.302. The first-order valence-corrected chi connectivity index (χ1v) is 10.7. The minimum Gasteiger partial charge on any atom is -0.345 e. The van der Waals surface area contributed by atoms with E-state index in [1.165, 1.54) is 51.4 Å². The Morgan fingerprint density at radius 2 is 1.44 bits per heavy atom. The van der Waals surface area contributed by atoms with E-state index in [9.17, 15) is 4.79 Å². The lowest BCUT2D eigenvalue weighted by Crippen LogP contribution is -2.31. The molecule has 0 aromatic carbocycles. The number of carbonyl (C=O) groups excluding carboxylic acids is 1. The van der Waals surface area contributed by atoms with Crippen LogP contribution in [0.4, 0.5) is 0 Å². The summed E-state index contributed by atoms with van der Waals surface area (Å²) in [6, 6.07) is 0. The first-order valence-electron chi connectivity index (χ1n) is 10.7. The SMILES string of the molecule is CCCCCCC(CCCCC)C(=O)NCC#CCCNCCCC. The largest absolute Gasteiger partial charge is 0.345 e. The summed E-state index contributed by atoms with van der Waals surface area (Å²) in [5, 5.41) is 6.41. The fraction of sp³-hybridized carbons (Fsp3) is 0.864. The van der Waals surface area contributed by atoms with Crippen LogP contribution in [0, 0.1) is 17.8 Å². The molecule has 0 radical (unpaired) electrons. The van der Waals surface area contributed by atoms with Gasteiger partial charge in [-0.05, 0) is 25.8 Å². The maximum absolute atomic E-state index is 12.4. The molecule has 0 heterocycles. The molecule has 3 heteroatoms. The predicted octanol–water partition coefficient (Wildman–Crippen LogP) is 5.05. The minimum atomic E-state index is 0.181. The second kappa shape index (κ2) is 19.3. The maximum atomic E-state index is 12.4. The lowest BCUT2D eigenvalue weighted by Gasteiger charge is -2.15. The smallest absolute Gasteiger partial charge is 0.223 e. The molecule has 3 nitrogen and oxygen atoms in total. The van der Waals surface area contributed by atoms with Gasteiger partial charge in [0.05, 0.1) is 6.54 Å². The van der Waals surface area contributed by atoms with Crippen molar-refractivity contribution in [3.63, 3.8) is 0 Å². The number of unbranched alkanes of at least 4 members (excludes halogenated alkanes) is 6. The van der Waals surface area contributed by atoms with Gasteiger partial charge in [-0.1, -0.05) is 78.1 Å². The van der Waals surface area contributed by atoms with Crippen molar-refractivity contribution in [1.29, 1.82) is 0 Å². The lowest BCUT2D eigenvalue weighted by atomic mass is 9.94. The molecule has 0 saturated carbocycles. The Bertz CT molecular complexity index is 357. The number of rotatable bonds is 16. The third kappa shape index (κ3) is 16.2. The fourth-order valence-electron chi connectivity index (χ4n) is 2.87. The zero-order chi connectivity index (χ0) is 18.6. The molecule has 1 atom stereocenters. The molecular weight excluding hydrogens is 308 g/mol. The highest BCUT2D eigenvalue weighted by molar-refractivity contribution is 5.78. The van der Waals surface area contributed by atoms with Crippen molar-refractivity contribution < 1.29 is 4.79 Å². The number of hydrogen-bond donors (Lipinski definition) is 2. The van der Waals surface area contributed by atoms with Crippen molar-refractivity contribution in [2.75, 3.05) is 19.6 Å². The van der Waals surface area contributed by atoms with Gasteiger partial charge in [0.15, 0.2) is 0 Å². The van der Waals surface area contributed by atoms with Crippen LogP contribution >= 0.6 is 0 Å². The van der Waals surface area contributed by atoms with Crippen molar-refractivity contribution >= 4 is 5.91 Å². The van der Waals surface area contributed by atoms with Crippen molar-refractivity contribution in [2.45, 2.75) is 97.8 Å². The van der Waals surface area contributed by atoms with Crippen LogP contribution in [0.2, 0.25) is 0 Å². The zero-order valence-corrected chi connectivity index (χ0v) is 17.1. The Hall–Kier alpha value is -1.01. The Morgan fingerprint density at radius 1 is 0.800 bits per heavy atom. The fourth-order valence-corrected chi connectivity index (χ4v) is 2.87. The molecule has 0 aliphatic carbocycles. The molecule has 25 heavy (non-hydrogen) atoms. The van der Waals surface area contributed by atoms with E-state index in [-0.39, 0.29) is 11.8 Å². The number of amides is 1. The van der Waals surface area contributed by atoms with E-state index < -0.39 is 0 Å². The van der Waals surface area contributed by atoms with Crippen molar-refractivity contribution in [2.24, 2.45) is 5.92 Å². The van der Waals surface area contributed by atoms with E-state index in [0.717, 1.165) is 38.8 Å². The minimum absolute atomic E-state index is 0.181. The van der Waals surface area contributed by atoms with Gasteiger partial charge in [0.1, 0.15) is 0 Å². The van der Waals surface area contributed by atoms with Crippen LogP contribution in [0.5, 0.6) is 0 Å². The summed E-state index contributed by atoms with van der Waals surface area (Å²) in [6.07, 6.45) is 13.9. The third-order valence-electron chi connectivity index (χ3n) is 4.54. The average Bonchev–Trinajstić information content (AvgIpc) is 2.62. The molecule has 1 unspecified atom stereocenters. The van der Waals surface area contributed by atoms with Crippen LogP contribution in [0.15, 0.2) is 0 Å². The van der Waals surface area contributed by atoms with Gasteiger partial charge in [-0.25, -0.2) is 0 Å². The summed E-state index contributed by atoms with van der Waals surface area (Å²) in [7, 11) is 0. The first kappa shape index (κ1) is 24.0. The molecule has 1 amide bonds.